The van der Waals surface area contributed by atoms with Crippen molar-refractivity contribution in [3.05, 3.63) is 30.3 Å². The summed E-state index contributed by atoms with van der Waals surface area (Å²) in [6.45, 7) is 0.453. The minimum absolute atomic E-state index is 0.0305. The summed E-state index contributed by atoms with van der Waals surface area (Å²) >= 11 is 0. The maximum Gasteiger partial charge on any atom is 0.314 e. The fraction of sp³-hybridized carbons (Fsp3) is 0.533. The van der Waals surface area contributed by atoms with Gasteiger partial charge >= 0.3 is 6.03 Å². The lowest BCUT2D eigenvalue weighted by molar-refractivity contribution is 0.108. The summed E-state index contributed by atoms with van der Waals surface area (Å²) in [5.74, 6) is 0.938. The van der Waals surface area contributed by atoms with Gasteiger partial charge in [-0.25, -0.2) is 13.2 Å². The van der Waals surface area contributed by atoms with Gasteiger partial charge < -0.3 is 20.5 Å². The molecular weight excluding hydrogens is 320 g/mol. The Kier molecular flexibility index (Phi) is 6.23. The van der Waals surface area contributed by atoms with E-state index in [1.54, 1.807) is 12.1 Å². The number of urea groups is 1. The second kappa shape index (κ2) is 8.16. The summed E-state index contributed by atoms with van der Waals surface area (Å²) in [6, 6.07) is 8.66. The third kappa shape index (κ3) is 6.45. The monoisotopic (exact) mass is 342 g/mol. The topological polar surface area (TPSA) is 105 Å². The van der Waals surface area contributed by atoms with Gasteiger partial charge in [0.05, 0.1) is 11.5 Å². The summed E-state index contributed by atoms with van der Waals surface area (Å²) in [5, 5.41) is 14.9. The number of carbonyl (C=O) groups is 1. The standard InChI is InChI=1S/C15H22N2O5S/c18-13(10-22-14-4-2-1-3-5-14)9-17-15(19)16-8-12-6-7-23(20,21)11-12/h1-5,12-13,18H,6-11H2,(H2,16,17,19)/t12-,13-/m1/s1. The molecule has 23 heavy (non-hydrogen) atoms. The number of carbonyl (C=O) groups excluding carboxylic acids is 1. The highest BCUT2D eigenvalue weighted by Crippen LogP contribution is 2.17. The van der Waals surface area contributed by atoms with E-state index in [9.17, 15) is 18.3 Å². The number of hydrogen-bond acceptors (Lipinski definition) is 5. The molecule has 2 rings (SSSR count). The quantitative estimate of drug-likeness (QED) is 0.655. The Bertz CT molecular complexity index is 606. The highest BCUT2D eigenvalue weighted by molar-refractivity contribution is 7.91. The number of rotatable bonds is 7. The van der Waals surface area contributed by atoms with Crippen LogP contribution < -0.4 is 15.4 Å². The van der Waals surface area contributed by atoms with Crippen LogP contribution >= 0.6 is 0 Å². The van der Waals surface area contributed by atoms with Gasteiger partial charge in [-0.05, 0) is 24.5 Å². The molecule has 0 saturated carbocycles. The second-order valence-electron chi connectivity index (χ2n) is 5.64. The van der Waals surface area contributed by atoms with Gasteiger partial charge in [0, 0.05) is 13.1 Å². The summed E-state index contributed by atoms with van der Waals surface area (Å²) in [6.07, 6.45) is -0.247. The van der Waals surface area contributed by atoms with E-state index in [1.165, 1.54) is 0 Å². The average molecular weight is 342 g/mol. The molecule has 1 saturated heterocycles. The van der Waals surface area contributed by atoms with E-state index in [0.717, 1.165) is 0 Å². The van der Waals surface area contributed by atoms with Gasteiger partial charge in [0.1, 0.15) is 18.5 Å². The first kappa shape index (κ1) is 17.6. The largest absolute Gasteiger partial charge is 0.491 e. The maximum absolute atomic E-state index is 11.6. The van der Waals surface area contributed by atoms with Crippen molar-refractivity contribution in [1.82, 2.24) is 10.6 Å². The lowest BCUT2D eigenvalue weighted by Gasteiger charge is -2.14. The minimum atomic E-state index is -2.93. The van der Waals surface area contributed by atoms with Crippen LogP contribution in [0.4, 0.5) is 4.79 Å². The molecule has 2 atom stereocenters. The van der Waals surface area contributed by atoms with Crippen LogP contribution in [0.1, 0.15) is 6.42 Å². The van der Waals surface area contributed by atoms with Crippen LogP contribution in [-0.2, 0) is 9.84 Å². The Morgan fingerprint density at radius 1 is 1.30 bits per heavy atom. The van der Waals surface area contributed by atoms with E-state index < -0.39 is 22.0 Å². The van der Waals surface area contributed by atoms with Crippen molar-refractivity contribution < 1.29 is 23.1 Å². The smallest absolute Gasteiger partial charge is 0.314 e. The highest BCUT2D eigenvalue weighted by Gasteiger charge is 2.27. The number of benzene rings is 1. The molecule has 128 valence electrons. The summed E-state index contributed by atoms with van der Waals surface area (Å²) in [7, 11) is -2.93. The van der Waals surface area contributed by atoms with Crippen molar-refractivity contribution in [2.75, 3.05) is 31.2 Å². The molecule has 1 heterocycles. The Morgan fingerprint density at radius 2 is 2.04 bits per heavy atom. The van der Waals surface area contributed by atoms with Gasteiger partial charge in [0.25, 0.3) is 0 Å². The zero-order chi connectivity index (χ0) is 16.7. The molecule has 0 spiro atoms. The molecule has 0 unspecified atom stereocenters. The average Bonchev–Trinajstić information content (AvgIpc) is 2.89. The van der Waals surface area contributed by atoms with E-state index in [-0.39, 0.29) is 30.6 Å². The van der Waals surface area contributed by atoms with Gasteiger partial charge in [0.15, 0.2) is 9.84 Å². The van der Waals surface area contributed by atoms with Crippen LogP contribution in [0, 0.1) is 5.92 Å². The molecule has 1 aliphatic rings. The zero-order valence-electron chi connectivity index (χ0n) is 12.8. The van der Waals surface area contributed by atoms with Gasteiger partial charge in [-0.1, -0.05) is 18.2 Å². The molecule has 0 aromatic heterocycles. The maximum atomic E-state index is 11.6. The van der Waals surface area contributed by atoms with Crippen LogP contribution in [0.15, 0.2) is 30.3 Å². The Hall–Kier alpha value is -1.80. The van der Waals surface area contributed by atoms with Crippen LogP contribution in [0.5, 0.6) is 5.75 Å². The molecule has 1 fully saturated rings. The first-order chi connectivity index (χ1) is 10.9. The normalized spacial score (nSPS) is 20.7. The van der Waals surface area contributed by atoms with Crippen molar-refractivity contribution in [1.29, 1.82) is 0 Å². The fourth-order valence-corrected chi connectivity index (χ4v) is 4.17. The summed E-state index contributed by atoms with van der Waals surface area (Å²) in [5.41, 5.74) is 0. The van der Waals surface area contributed by atoms with E-state index in [1.807, 2.05) is 18.2 Å². The Morgan fingerprint density at radius 3 is 2.70 bits per heavy atom. The number of aliphatic hydroxyl groups is 1. The van der Waals surface area contributed by atoms with E-state index >= 15 is 0 Å². The highest BCUT2D eigenvalue weighted by atomic mass is 32.2. The SMILES string of the molecule is O=C(NC[C@@H](O)COc1ccccc1)NC[C@H]1CCS(=O)(=O)C1. The predicted octanol–water partition coefficient (Wildman–Crippen LogP) is 0.160. The lowest BCUT2D eigenvalue weighted by atomic mass is 10.1. The molecule has 1 aromatic rings. The van der Waals surface area contributed by atoms with E-state index in [2.05, 4.69) is 10.6 Å². The van der Waals surface area contributed by atoms with Crippen molar-refractivity contribution in [2.45, 2.75) is 12.5 Å². The van der Waals surface area contributed by atoms with Gasteiger partial charge in [0.2, 0.25) is 0 Å². The van der Waals surface area contributed by atoms with Crippen LogP contribution in [0.3, 0.4) is 0 Å². The molecule has 7 nitrogen and oxygen atoms in total. The number of hydrogen-bond donors (Lipinski definition) is 3. The molecule has 8 heteroatoms. The third-order valence-corrected chi connectivity index (χ3v) is 5.40. The van der Waals surface area contributed by atoms with Crippen molar-refractivity contribution in [2.24, 2.45) is 5.92 Å². The number of amides is 2. The molecule has 0 radical (unpaired) electrons. The van der Waals surface area contributed by atoms with Gasteiger partial charge in [-0.15, -0.1) is 0 Å². The first-order valence-corrected chi connectivity index (χ1v) is 9.35. The van der Waals surface area contributed by atoms with Gasteiger partial charge in [-0.3, -0.25) is 0 Å². The molecule has 1 aromatic carbocycles. The van der Waals surface area contributed by atoms with Crippen molar-refractivity contribution in [3.8, 4) is 5.75 Å². The minimum Gasteiger partial charge on any atom is -0.491 e. The van der Waals surface area contributed by atoms with E-state index in [0.29, 0.717) is 18.7 Å². The van der Waals surface area contributed by atoms with Crippen molar-refractivity contribution >= 4 is 15.9 Å². The van der Waals surface area contributed by atoms with E-state index in [4.69, 9.17) is 4.74 Å². The Balaban J connectivity index is 1.58. The molecule has 0 bridgehead atoms. The number of ether oxygens (including phenoxy) is 1. The summed E-state index contributed by atoms with van der Waals surface area (Å²) in [4.78, 5) is 11.6. The van der Waals surface area contributed by atoms with Crippen LogP contribution in [-0.4, -0.2) is 56.9 Å². The number of aliphatic hydroxyl groups excluding tert-OH is 1. The molecule has 0 aliphatic carbocycles. The summed E-state index contributed by atoms with van der Waals surface area (Å²) < 4.78 is 28.0. The molecule has 2 amide bonds. The van der Waals surface area contributed by atoms with Crippen LogP contribution in [0.2, 0.25) is 0 Å². The Labute approximate surface area is 136 Å². The number of para-hydroxylation sites is 1. The molecule has 1 aliphatic heterocycles. The third-order valence-electron chi connectivity index (χ3n) is 3.56. The first-order valence-electron chi connectivity index (χ1n) is 7.52. The number of sulfone groups is 1. The van der Waals surface area contributed by atoms with Crippen molar-refractivity contribution in [3.63, 3.8) is 0 Å². The van der Waals surface area contributed by atoms with Gasteiger partial charge in [-0.2, -0.15) is 0 Å². The molecule has 3 N–H and O–H groups in total. The number of nitrogens with one attached hydrogen (secondary N) is 2. The second-order valence-corrected chi connectivity index (χ2v) is 7.87. The zero-order valence-corrected chi connectivity index (χ0v) is 13.6. The predicted molar refractivity (Wildman–Crippen MR) is 86.1 cm³/mol. The fourth-order valence-electron chi connectivity index (χ4n) is 2.31. The molecular formula is C15H22N2O5S. The lowest BCUT2D eigenvalue weighted by Crippen LogP contribution is -2.42. The van der Waals surface area contributed by atoms with Crippen LogP contribution in [0.25, 0.3) is 0 Å².